The lowest BCUT2D eigenvalue weighted by Gasteiger charge is -2.37. The van der Waals surface area contributed by atoms with E-state index in [9.17, 15) is 22.8 Å². The van der Waals surface area contributed by atoms with Crippen molar-refractivity contribution >= 4 is 23.1 Å². The number of esters is 1. The molecule has 4 nitrogen and oxygen atoms in total. The molecule has 2 aliphatic rings. The fourth-order valence-corrected chi connectivity index (χ4v) is 5.29. The number of nitrogens with one attached hydrogen (secondary N) is 1. The van der Waals surface area contributed by atoms with Crippen LogP contribution >= 0.6 is 11.3 Å². The molecule has 0 spiro atoms. The van der Waals surface area contributed by atoms with Crippen LogP contribution in [0.2, 0.25) is 0 Å². The minimum atomic E-state index is -4.63. The topological polar surface area (TPSA) is 55.4 Å². The zero-order chi connectivity index (χ0) is 22.3. The Kier molecular flexibility index (Phi) is 5.51. The molecule has 2 heterocycles. The molecular formula is C23H20F3NO3S. The number of dihydropyridines is 1. The van der Waals surface area contributed by atoms with Crippen LogP contribution in [0.1, 0.15) is 47.6 Å². The molecule has 0 fully saturated rings. The Hall–Kier alpha value is -2.87. The van der Waals surface area contributed by atoms with Gasteiger partial charge in [0, 0.05) is 40.1 Å². The van der Waals surface area contributed by atoms with Crippen LogP contribution in [0.5, 0.6) is 0 Å². The number of Topliss-reactive ketones (excluding diaryl/α,β-unsaturated/α-hetero) is 1. The molecule has 1 aromatic heterocycles. The number of thiophene rings is 1. The number of carbonyl (C=O) groups excluding carboxylic acids is 2. The normalized spacial score (nSPS) is 21.6. The maximum Gasteiger partial charge on any atom is 0.416 e. The average molecular weight is 447 g/mol. The Morgan fingerprint density at radius 1 is 1.16 bits per heavy atom. The van der Waals surface area contributed by atoms with E-state index >= 15 is 0 Å². The van der Waals surface area contributed by atoms with E-state index in [1.807, 2.05) is 17.5 Å². The lowest BCUT2D eigenvalue weighted by molar-refractivity contribution is -0.139. The second-order valence-corrected chi connectivity index (χ2v) is 8.59. The summed E-state index contributed by atoms with van der Waals surface area (Å²) in [5, 5.41) is 5.06. The Balaban J connectivity index is 1.90. The maximum absolute atomic E-state index is 13.8. The summed E-state index contributed by atoms with van der Waals surface area (Å²) in [6.45, 7) is 1.62. The van der Waals surface area contributed by atoms with E-state index in [1.165, 1.54) is 25.3 Å². The predicted molar refractivity (Wildman–Crippen MR) is 110 cm³/mol. The van der Waals surface area contributed by atoms with E-state index in [1.54, 1.807) is 18.3 Å². The fourth-order valence-electron chi connectivity index (χ4n) is 4.46. The number of carbonyl (C=O) groups is 2. The van der Waals surface area contributed by atoms with Crippen molar-refractivity contribution in [3.05, 3.63) is 80.3 Å². The zero-order valence-electron chi connectivity index (χ0n) is 16.9. The summed E-state index contributed by atoms with van der Waals surface area (Å²) in [5.74, 6) is -2.21. The van der Waals surface area contributed by atoms with Crippen molar-refractivity contribution in [1.29, 1.82) is 0 Å². The lowest BCUT2D eigenvalue weighted by atomic mass is 9.71. The van der Waals surface area contributed by atoms with E-state index in [0.717, 1.165) is 10.9 Å². The van der Waals surface area contributed by atoms with Gasteiger partial charge in [-0.3, -0.25) is 4.79 Å². The van der Waals surface area contributed by atoms with E-state index in [4.69, 9.17) is 4.74 Å². The highest BCUT2D eigenvalue weighted by Gasteiger charge is 2.45. The van der Waals surface area contributed by atoms with Crippen LogP contribution < -0.4 is 5.32 Å². The smallest absolute Gasteiger partial charge is 0.416 e. The van der Waals surface area contributed by atoms with Crippen molar-refractivity contribution in [3.8, 4) is 0 Å². The molecule has 8 heteroatoms. The summed E-state index contributed by atoms with van der Waals surface area (Å²) in [4.78, 5) is 27.0. The highest BCUT2D eigenvalue weighted by atomic mass is 32.1. The molecule has 2 aromatic rings. The van der Waals surface area contributed by atoms with E-state index < -0.39 is 23.6 Å². The summed E-state index contributed by atoms with van der Waals surface area (Å²) in [6.07, 6.45) is -3.97. The number of hydrogen-bond acceptors (Lipinski definition) is 5. The molecular weight excluding hydrogens is 427 g/mol. The Bertz CT molecular complexity index is 1100. The first kappa shape index (κ1) is 21.4. The molecule has 0 unspecified atom stereocenters. The predicted octanol–water partition coefficient (Wildman–Crippen LogP) is 5.30. The quantitative estimate of drug-likeness (QED) is 0.649. The van der Waals surface area contributed by atoms with Crippen molar-refractivity contribution in [1.82, 2.24) is 5.32 Å². The van der Waals surface area contributed by atoms with Crippen molar-refractivity contribution in [3.63, 3.8) is 0 Å². The molecule has 4 rings (SSSR count). The molecule has 1 N–H and O–H groups in total. The Labute approximate surface area is 181 Å². The molecule has 31 heavy (non-hydrogen) atoms. The molecule has 0 bridgehead atoms. The average Bonchev–Trinajstić information content (AvgIpc) is 3.26. The monoisotopic (exact) mass is 447 g/mol. The third-order valence-electron chi connectivity index (χ3n) is 5.76. The first-order valence-electron chi connectivity index (χ1n) is 9.74. The number of hydrogen-bond donors (Lipinski definition) is 1. The van der Waals surface area contributed by atoms with Crippen LogP contribution in [-0.2, 0) is 20.5 Å². The first-order chi connectivity index (χ1) is 14.7. The Morgan fingerprint density at radius 2 is 1.90 bits per heavy atom. The Morgan fingerprint density at radius 3 is 2.55 bits per heavy atom. The van der Waals surface area contributed by atoms with Gasteiger partial charge in [-0.2, -0.15) is 13.2 Å². The van der Waals surface area contributed by atoms with Crippen molar-refractivity contribution in [2.45, 2.75) is 37.8 Å². The van der Waals surface area contributed by atoms with Crippen LogP contribution in [-0.4, -0.2) is 18.9 Å². The molecule has 1 aliphatic heterocycles. The zero-order valence-corrected chi connectivity index (χ0v) is 17.7. The fraction of sp³-hybridized carbons (Fsp3) is 0.304. The van der Waals surface area contributed by atoms with Gasteiger partial charge in [0.15, 0.2) is 5.78 Å². The van der Waals surface area contributed by atoms with E-state index in [2.05, 4.69) is 5.32 Å². The van der Waals surface area contributed by atoms with Crippen LogP contribution in [0.3, 0.4) is 0 Å². The number of methoxy groups -OCH3 is 1. The van der Waals surface area contributed by atoms with Crippen molar-refractivity contribution in [2.75, 3.05) is 7.11 Å². The van der Waals surface area contributed by atoms with Crippen LogP contribution in [0.15, 0.2) is 64.3 Å². The van der Waals surface area contributed by atoms with Crippen LogP contribution in [0.4, 0.5) is 13.2 Å². The highest BCUT2D eigenvalue weighted by molar-refractivity contribution is 7.10. The van der Waals surface area contributed by atoms with Gasteiger partial charge in [0.25, 0.3) is 0 Å². The standard InChI is InChI=1S/C23H20F3NO3S/c1-12-19(22(29)30-2)20(14-6-3-4-7-15(14)23(24,25)26)21-16(27-12)10-13(11-17(21)28)18-8-5-9-31-18/h3-9,13,20,27H,10-11H2,1-2H3/t13-,20-/m1/s1. The third kappa shape index (κ3) is 3.80. The molecule has 0 saturated carbocycles. The van der Waals surface area contributed by atoms with Crippen molar-refractivity contribution < 1.29 is 27.5 Å². The molecule has 2 atom stereocenters. The van der Waals surface area contributed by atoms with Gasteiger partial charge in [0.05, 0.1) is 18.2 Å². The molecule has 162 valence electrons. The summed E-state index contributed by atoms with van der Waals surface area (Å²) in [7, 11) is 1.18. The number of ether oxygens (including phenoxy) is 1. The molecule has 1 aromatic carbocycles. The van der Waals surface area contributed by atoms with Gasteiger partial charge in [-0.25, -0.2) is 4.79 Å². The van der Waals surface area contributed by atoms with Gasteiger partial charge in [-0.1, -0.05) is 24.3 Å². The van der Waals surface area contributed by atoms with Crippen molar-refractivity contribution in [2.24, 2.45) is 0 Å². The van der Waals surface area contributed by atoms with Gasteiger partial charge in [-0.15, -0.1) is 11.3 Å². The van der Waals surface area contributed by atoms with Gasteiger partial charge in [-0.05, 0) is 36.4 Å². The number of rotatable bonds is 3. The van der Waals surface area contributed by atoms with Gasteiger partial charge in [0.1, 0.15) is 0 Å². The SMILES string of the molecule is COC(=O)C1=C(C)NC2=C(C(=O)C[C@H](c3cccs3)C2)[C@@H]1c1ccccc1C(F)(F)F. The van der Waals surface area contributed by atoms with Gasteiger partial charge < -0.3 is 10.1 Å². The minimum Gasteiger partial charge on any atom is -0.466 e. The lowest BCUT2D eigenvalue weighted by Crippen LogP contribution is -2.36. The largest absolute Gasteiger partial charge is 0.466 e. The maximum atomic E-state index is 13.8. The second-order valence-electron chi connectivity index (χ2n) is 7.61. The summed E-state index contributed by atoms with van der Waals surface area (Å²) >= 11 is 1.55. The molecule has 0 radical (unpaired) electrons. The van der Waals surface area contributed by atoms with E-state index in [0.29, 0.717) is 17.8 Å². The number of benzene rings is 1. The van der Waals surface area contributed by atoms with E-state index in [-0.39, 0.29) is 34.8 Å². The number of halogens is 3. The summed E-state index contributed by atoms with van der Waals surface area (Å²) < 4.78 is 46.4. The molecule has 0 amide bonds. The third-order valence-corrected chi connectivity index (χ3v) is 6.79. The number of ketones is 1. The van der Waals surface area contributed by atoms with Gasteiger partial charge in [0.2, 0.25) is 0 Å². The molecule has 0 saturated heterocycles. The van der Waals surface area contributed by atoms with Crippen LogP contribution in [0.25, 0.3) is 0 Å². The molecule has 1 aliphatic carbocycles. The highest BCUT2D eigenvalue weighted by Crippen LogP contribution is 2.48. The number of alkyl halides is 3. The van der Waals surface area contributed by atoms with Crippen LogP contribution in [0, 0.1) is 0 Å². The second kappa shape index (κ2) is 8.00. The number of allylic oxidation sites excluding steroid dienone is 3. The minimum absolute atomic E-state index is 0.0286. The first-order valence-corrected chi connectivity index (χ1v) is 10.6. The summed E-state index contributed by atoms with van der Waals surface area (Å²) in [6, 6.07) is 8.95. The summed E-state index contributed by atoms with van der Waals surface area (Å²) in [5.41, 5.74) is 0.230. The van der Waals surface area contributed by atoms with Gasteiger partial charge >= 0.3 is 12.1 Å².